The SMILES string of the molecule is O=[N+]([O-])c1nccn1C[C@H](O)[C@@H](O)C[18F]. The quantitative estimate of drug-likeness (QED) is 0.511. The zero-order valence-electron chi connectivity index (χ0n) is 7.65. The summed E-state index contributed by atoms with van der Waals surface area (Å²) in [4.78, 5) is 13.1. The highest BCUT2D eigenvalue weighted by molar-refractivity contribution is 5.06. The second-order valence-electron chi connectivity index (χ2n) is 2.93. The van der Waals surface area contributed by atoms with Crippen LogP contribution in [0.25, 0.3) is 0 Å². The zero-order chi connectivity index (χ0) is 11.4. The van der Waals surface area contributed by atoms with Crippen LogP contribution in [0.3, 0.4) is 0 Å². The first kappa shape index (κ1) is 11.5. The molecule has 0 unspecified atom stereocenters. The van der Waals surface area contributed by atoms with Crippen LogP contribution in [-0.4, -0.2) is 43.6 Å². The highest BCUT2D eigenvalue weighted by atomic mass is 18.2. The smallest absolute Gasteiger partial charge is 0.390 e. The highest BCUT2D eigenvalue weighted by Gasteiger charge is 2.22. The number of nitro groups is 1. The lowest BCUT2D eigenvalue weighted by atomic mass is 10.2. The maximum atomic E-state index is 12.0. The molecule has 8 heteroatoms. The van der Waals surface area contributed by atoms with Crippen molar-refractivity contribution in [2.24, 2.45) is 0 Å². The maximum Gasteiger partial charge on any atom is 0.434 e. The number of hydrogen-bond donors (Lipinski definition) is 2. The molecule has 1 rings (SSSR count). The fourth-order valence-electron chi connectivity index (χ4n) is 1.04. The topological polar surface area (TPSA) is 101 Å². The van der Waals surface area contributed by atoms with Gasteiger partial charge in [0.2, 0.25) is 0 Å². The number of aliphatic hydroxyl groups excluding tert-OH is 2. The van der Waals surface area contributed by atoms with Crippen molar-refractivity contribution in [1.29, 1.82) is 0 Å². The predicted molar refractivity (Wildman–Crippen MR) is 46.9 cm³/mol. The van der Waals surface area contributed by atoms with Gasteiger partial charge in [-0.05, 0) is 4.92 Å². The van der Waals surface area contributed by atoms with Gasteiger partial charge in [-0.1, -0.05) is 4.98 Å². The summed E-state index contributed by atoms with van der Waals surface area (Å²) < 4.78 is 13.0. The average Bonchev–Trinajstić information content (AvgIpc) is 2.64. The van der Waals surface area contributed by atoms with E-state index in [4.69, 9.17) is 5.11 Å². The van der Waals surface area contributed by atoms with Gasteiger partial charge in [-0.15, -0.1) is 0 Å². The van der Waals surface area contributed by atoms with Gasteiger partial charge in [-0.25, -0.2) is 8.96 Å². The molecule has 0 bridgehead atoms. The summed E-state index contributed by atoms with van der Waals surface area (Å²) in [7, 11) is 0. The monoisotopic (exact) mass is 218 g/mol. The van der Waals surface area contributed by atoms with Crippen LogP contribution in [0, 0.1) is 10.1 Å². The molecule has 0 saturated carbocycles. The largest absolute Gasteiger partial charge is 0.434 e. The summed E-state index contributed by atoms with van der Waals surface area (Å²) in [6.07, 6.45) is -0.492. The molecule has 1 aromatic heterocycles. The molecule has 0 aliphatic rings. The molecule has 1 aromatic rings. The third kappa shape index (κ3) is 2.70. The van der Waals surface area contributed by atoms with Gasteiger partial charge in [0.25, 0.3) is 0 Å². The number of aromatic nitrogens is 2. The fraction of sp³-hybridized carbons (Fsp3) is 0.571. The molecule has 1 heterocycles. The molecule has 0 radical (unpaired) electrons. The summed E-state index contributed by atoms with van der Waals surface area (Å²) in [6.45, 7) is -1.38. The molecule has 84 valence electrons. The zero-order valence-corrected chi connectivity index (χ0v) is 7.65. The van der Waals surface area contributed by atoms with Crippen LogP contribution in [0.5, 0.6) is 0 Å². The Hall–Kier alpha value is -1.54. The normalized spacial score (nSPS) is 14.9. The van der Waals surface area contributed by atoms with Crippen molar-refractivity contribution in [3.05, 3.63) is 22.5 Å². The number of aliphatic hydroxyl groups is 2. The average molecular weight is 218 g/mol. The van der Waals surface area contributed by atoms with E-state index in [2.05, 4.69) is 4.98 Å². The Balaban J connectivity index is 2.72. The van der Waals surface area contributed by atoms with E-state index in [0.29, 0.717) is 0 Å². The lowest BCUT2D eigenvalue weighted by molar-refractivity contribution is -0.397. The molecule has 0 aromatic carbocycles. The summed E-state index contributed by atoms with van der Waals surface area (Å²) in [5, 5.41) is 28.6. The highest BCUT2D eigenvalue weighted by Crippen LogP contribution is 2.09. The van der Waals surface area contributed by atoms with E-state index < -0.39 is 29.8 Å². The maximum absolute atomic E-state index is 12.0. The molecule has 0 aliphatic heterocycles. The van der Waals surface area contributed by atoms with E-state index in [1.807, 2.05) is 0 Å². The number of hydrogen-bond acceptors (Lipinski definition) is 5. The van der Waals surface area contributed by atoms with E-state index in [9.17, 15) is 19.6 Å². The standard InChI is InChI=1S/C7H10FN3O4/c8-3-5(12)6(13)4-10-2-1-9-7(10)11(14)15/h1-2,5-6,12-13H,3-4H2/t5-,6-/m0/s1/i8-1. The van der Waals surface area contributed by atoms with Crippen molar-refractivity contribution in [2.45, 2.75) is 18.8 Å². The van der Waals surface area contributed by atoms with E-state index in [1.165, 1.54) is 12.4 Å². The summed E-state index contributed by atoms with van der Waals surface area (Å²) in [5.74, 6) is -0.458. The molecule has 0 fully saturated rings. The lowest BCUT2D eigenvalue weighted by Crippen LogP contribution is -2.32. The third-order valence-electron chi connectivity index (χ3n) is 1.84. The van der Waals surface area contributed by atoms with Crippen LogP contribution in [0.15, 0.2) is 12.4 Å². The number of nitrogens with zero attached hydrogens (tertiary/aromatic N) is 3. The van der Waals surface area contributed by atoms with Gasteiger partial charge in [0.15, 0.2) is 0 Å². The Bertz CT molecular complexity index is 343. The van der Waals surface area contributed by atoms with Gasteiger partial charge in [0.05, 0.1) is 0 Å². The van der Waals surface area contributed by atoms with Crippen LogP contribution in [-0.2, 0) is 6.54 Å². The molecule has 0 amide bonds. The first-order valence-electron chi connectivity index (χ1n) is 4.14. The van der Waals surface area contributed by atoms with Crippen molar-refractivity contribution in [3.63, 3.8) is 0 Å². The first-order chi connectivity index (χ1) is 7.06. The Morgan fingerprint density at radius 2 is 2.27 bits per heavy atom. The van der Waals surface area contributed by atoms with Gasteiger partial charge >= 0.3 is 5.95 Å². The van der Waals surface area contributed by atoms with Crippen molar-refractivity contribution in [2.75, 3.05) is 6.67 Å². The minimum absolute atomic E-state index is 0.276. The van der Waals surface area contributed by atoms with Gasteiger partial charge in [0.1, 0.15) is 37.8 Å². The summed E-state index contributed by atoms with van der Waals surface area (Å²) in [5.41, 5.74) is 0. The van der Waals surface area contributed by atoms with E-state index in [-0.39, 0.29) is 6.54 Å². The Morgan fingerprint density at radius 3 is 2.80 bits per heavy atom. The Labute approximate surface area is 83.9 Å². The predicted octanol–water partition coefficient (Wildman–Crippen LogP) is -0.517. The van der Waals surface area contributed by atoms with Crippen LogP contribution < -0.4 is 0 Å². The first-order valence-corrected chi connectivity index (χ1v) is 4.14. The van der Waals surface area contributed by atoms with Crippen LogP contribution in [0.1, 0.15) is 0 Å². The molecule has 7 nitrogen and oxygen atoms in total. The van der Waals surface area contributed by atoms with Crippen LogP contribution in [0.4, 0.5) is 10.3 Å². The van der Waals surface area contributed by atoms with Crippen LogP contribution in [0.2, 0.25) is 0 Å². The fourth-order valence-corrected chi connectivity index (χ4v) is 1.04. The number of alkyl halides is 1. The van der Waals surface area contributed by atoms with Gasteiger partial charge in [0, 0.05) is 0 Å². The van der Waals surface area contributed by atoms with Crippen molar-refractivity contribution in [1.82, 2.24) is 9.55 Å². The molecule has 2 N–H and O–H groups in total. The molecule has 15 heavy (non-hydrogen) atoms. The van der Waals surface area contributed by atoms with E-state index in [0.717, 1.165) is 4.57 Å². The Kier molecular flexibility index (Phi) is 3.69. The second-order valence-corrected chi connectivity index (χ2v) is 2.93. The summed E-state index contributed by atoms with van der Waals surface area (Å²) >= 11 is 0. The Morgan fingerprint density at radius 1 is 1.60 bits per heavy atom. The van der Waals surface area contributed by atoms with Crippen molar-refractivity contribution < 1.29 is 19.5 Å². The van der Waals surface area contributed by atoms with E-state index in [1.54, 1.807) is 0 Å². The minimum atomic E-state index is -1.55. The third-order valence-corrected chi connectivity index (χ3v) is 1.84. The lowest BCUT2D eigenvalue weighted by Gasteiger charge is -2.13. The molecular weight excluding hydrogens is 208 g/mol. The van der Waals surface area contributed by atoms with Gasteiger partial charge in [-0.2, -0.15) is 0 Å². The number of imidazole rings is 1. The molecule has 0 aliphatic carbocycles. The molecular formula is C7H10FN3O4. The molecule has 0 spiro atoms. The van der Waals surface area contributed by atoms with Gasteiger partial charge < -0.3 is 20.3 Å². The van der Waals surface area contributed by atoms with E-state index >= 15 is 0 Å². The minimum Gasteiger partial charge on any atom is -0.390 e. The molecule has 2 atom stereocenters. The molecule has 0 saturated heterocycles. The van der Waals surface area contributed by atoms with Crippen molar-refractivity contribution in [3.8, 4) is 0 Å². The van der Waals surface area contributed by atoms with Crippen LogP contribution >= 0.6 is 0 Å². The summed E-state index contributed by atoms with van der Waals surface area (Å²) in [6, 6.07) is 0. The second kappa shape index (κ2) is 4.80. The van der Waals surface area contributed by atoms with Crippen molar-refractivity contribution >= 4 is 5.95 Å². The van der Waals surface area contributed by atoms with Gasteiger partial charge in [-0.3, -0.25) is 0 Å². The number of halogens is 1. The number of rotatable bonds is 5.